The molecule has 0 fully saturated rings. The van der Waals surface area contributed by atoms with Gasteiger partial charge in [0.15, 0.2) is 0 Å². The molecule has 2 amide bonds. The van der Waals surface area contributed by atoms with Crippen LogP contribution in [0.3, 0.4) is 0 Å². The maximum atomic E-state index is 12.1. The number of carbonyl (C=O) groups excluding carboxylic acids is 2. The van der Waals surface area contributed by atoms with E-state index in [4.69, 9.17) is 5.73 Å². The summed E-state index contributed by atoms with van der Waals surface area (Å²) >= 11 is 0. The molecule has 0 aliphatic heterocycles. The molecule has 0 saturated carbocycles. The van der Waals surface area contributed by atoms with Gasteiger partial charge in [0.2, 0.25) is 11.8 Å². The molecule has 0 saturated heterocycles. The molecule has 6 heteroatoms. The van der Waals surface area contributed by atoms with Gasteiger partial charge in [0, 0.05) is 38.5 Å². The fourth-order valence-corrected chi connectivity index (χ4v) is 2.06. The average molecular weight is 324 g/mol. The number of nitrogens with one attached hydrogen (secondary N) is 1. The van der Waals surface area contributed by atoms with Crippen molar-refractivity contribution in [2.24, 2.45) is 0 Å². The first kappa shape index (κ1) is 17.2. The number of aromatic nitrogens is 1. The van der Waals surface area contributed by atoms with Crippen LogP contribution < -0.4 is 11.1 Å². The molecule has 6 nitrogen and oxygen atoms in total. The smallest absolute Gasteiger partial charge is 0.246 e. The van der Waals surface area contributed by atoms with Crippen LogP contribution in [0.2, 0.25) is 0 Å². The lowest BCUT2D eigenvalue weighted by Gasteiger charge is -2.15. The number of carbonyl (C=O) groups is 2. The molecule has 0 bridgehead atoms. The van der Waals surface area contributed by atoms with Crippen LogP contribution in [-0.4, -0.2) is 28.7 Å². The predicted molar refractivity (Wildman–Crippen MR) is 94.9 cm³/mol. The second-order valence-corrected chi connectivity index (χ2v) is 5.42. The monoisotopic (exact) mass is 324 g/mol. The molecule has 124 valence electrons. The normalized spacial score (nSPS) is 10.6. The van der Waals surface area contributed by atoms with Crippen molar-refractivity contribution in [2.45, 2.75) is 13.5 Å². The predicted octanol–water partition coefficient (Wildman–Crippen LogP) is 2.29. The third-order valence-corrected chi connectivity index (χ3v) is 3.30. The highest BCUT2D eigenvalue weighted by atomic mass is 16.2. The number of rotatable bonds is 5. The molecule has 2 aromatic rings. The summed E-state index contributed by atoms with van der Waals surface area (Å²) in [5, 5.41) is 2.71. The molecular formula is C18H20N4O2. The Morgan fingerprint density at radius 3 is 2.50 bits per heavy atom. The van der Waals surface area contributed by atoms with Gasteiger partial charge in [-0.1, -0.05) is 12.1 Å². The van der Waals surface area contributed by atoms with Crippen molar-refractivity contribution in [3.63, 3.8) is 0 Å². The van der Waals surface area contributed by atoms with Crippen LogP contribution in [0, 0.1) is 0 Å². The fraction of sp³-hybridized carbons (Fsp3) is 0.167. The fourth-order valence-electron chi connectivity index (χ4n) is 2.06. The first-order valence-corrected chi connectivity index (χ1v) is 7.45. The first-order chi connectivity index (χ1) is 11.4. The zero-order valence-electron chi connectivity index (χ0n) is 13.7. The van der Waals surface area contributed by atoms with Gasteiger partial charge in [0.1, 0.15) is 5.82 Å². The van der Waals surface area contributed by atoms with Crippen molar-refractivity contribution < 1.29 is 9.59 Å². The highest BCUT2D eigenvalue weighted by molar-refractivity contribution is 5.91. The number of hydrogen-bond acceptors (Lipinski definition) is 4. The van der Waals surface area contributed by atoms with Gasteiger partial charge in [0.05, 0.1) is 0 Å². The molecule has 1 aromatic carbocycles. The minimum atomic E-state index is -0.114. The summed E-state index contributed by atoms with van der Waals surface area (Å²) in [7, 11) is 1.73. The number of nitrogen functional groups attached to an aromatic ring is 1. The Morgan fingerprint density at radius 2 is 1.92 bits per heavy atom. The molecule has 0 spiro atoms. The van der Waals surface area contributed by atoms with E-state index in [1.165, 1.54) is 13.0 Å². The molecule has 1 heterocycles. The summed E-state index contributed by atoms with van der Waals surface area (Å²) < 4.78 is 0. The number of anilines is 2. The largest absolute Gasteiger partial charge is 0.384 e. The lowest BCUT2D eigenvalue weighted by atomic mass is 10.2. The number of likely N-dealkylation sites (N-methyl/N-ethyl adjacent to an activating group) is 1. The van der Waals surface area contributed by atoms with E-state index in [1.807, 2.05) is 24.3 Å². The van der Waals surface area contributed by atoms with E-state index in [0.29, 0.717) is 12.4 Å². The van der Waals surface area contributed by atoms with Gasteiger partial charge in [-0.3, -0.25) is 9.59 Å². The molecule has 3 N–H and O–H groups in total. The third kappa shape index (κ3) is 5.24. The summed E-state index contributed by atoms with van der Waals surface area (Å²) in [6.45, 7) is 1.94. The van der Waals surface area contributed by atoms with Crippen LogP contribution in [-0.2, 0) is 16.1 Å². The van der Waals surface area contributed by atoms with E-state index in [9.17, 15) is 9.59 Å². The van der Waals surface area contributed by atoms with E-state index in [0.717, 1.165) is 16.8 Å². The highest BCUT2D eigenvalue weighted by Crippen LogP contribution is 2.11. The average Bonchev–Trinajstić information content (AvgIpc) is 2.55. The zero-order valence-corrected chi connectivity index (χ0v) is 13.7. The second kappa shape index (κ2) is 7.92. The first-order valence-electron chi connectivity index (χ1n) is 7.45. The third-order valence-electron chi connectivity index (χ3n) is 3.30. The van der Waals surface area contributed by atoms with Gasteiger partial charge < -0.3 is 16.0 Å². The molecule has 0 atom stereocenters. The summed E-state index contributed by atoms with van der Waals surface area (Å²) in [6, 6.07) is 10.9. The Labute approximate surface area is 141 Å². The topological polar surface area (TPSA) is 88.3 Å². The van der Waals surface area contributed by atoms with Crippen molar-refractivity contribution >= 4 is 29.4 Å². The van der Waals surface area contributed by atoms with Gasteiger partial charge in [-0.05, 0) is 41.5 Å². The summed E-state index contributed by atoms with van der Waals surface area (Å²) in [5.74, 6) is 0.216. The van der Waals surface area contributed by atoms with Crippen LogP contribution >= 0.6 is 0 Å². The Bertz CT molecular complexity index is 737. The van der Waals surface area contributed by atoms with Crippen molar-refractivity contribution in [3.05, 3.63) is 59.8 Å². The highest BCUT2D eigenvalue weighted by Gasteiger charge is 2.06. The van der Waals surface area contributed by atoms with Crippen LogP contribution in [0.4, 0.5) is 11.5 Å². The number of nitrogens with zero attached hydrogens (tertiary/aromatic N) is 2. The standard InChI is InChI=1S/C18H20N4O2/c1-13(23)21-16-7-3-15(4-8-16)12-22(2)18(24)10-6-14-5-9-17(19)20-11-14/h3-11H,12H2,1-2H3,(H2,19,20)(H,21,23). The second-order valence-electron chi connectivity index (χ2n) is 5.42. The van der Waals surface area contributed by atoms with E-state index >= 15 is 0 Å². The number of hydrogen-bond donors (Lipinski definition) is 2. The van der Waals surface area contributed by atoms with E-state index < -0.39 is 0 Å². The number of nitrogens with two attached hydrogens (primary N) is 1. The van der Waals surface area contributed by atoms with Gasteiger partial charge in [0.25, 0.3) is 0 Å². The Balaban J connectivity index is 1.93. The molecule has 24 heavy (non-hydrogen) atoms. The quantitative estimate of drug-likeness (QED) is 0.826. The van der Waals surface area contributed by atoms with Gasteiger partial charge in [-0.15, -0.1) is 0 Å². The summed E-state index contributed by atoms with van der Waals surface area (Å²) in [6.07, 6.45) is 4.81. The lowest BCUT2D eigenvalue weighted by molar-refractivity contribution is -0.125. The minimum absolute atomic E-state index is 0.113. The molecule has 0 aliphatic rings. The van der Waals surface area contributed by atoms with Gasteiger partial charge in [-0.25, -0.2) is 4.98 Å². The number of pyridine rings is 1. The molecule has 0 unspecified atom stereocenters. The summed E-state index contributed by atoms with van der Waals surface area (Å²) in [5.41, 5.74) is 8.04. The van der Waals surface area contributed by atoms with E-state index in [1.54, 1.807) is 36.4 Å². The zero-order chi connectivity index (χ0) is 17.5. The molecule has 2 rings (SSSR count). The maximum absolute atomic E-state index is 12.1. The Hall–Kier alpha value is -3.15. The van der Waals surface area contributed by atoms with Crippen LogP contribution in [0.25, 0.3) is 6.08 Å². The number of benzene rings is 1. The van der Waals surface area contributed by atoms with Crippen molar-refractivity contribution in [1.29, 1.82) is 0 Å². The van der Waals surface area contributed by atoms with E-state index in [2.05, 4.69) is 10.3 Å². The van der Waals surface area contributed by atoms with Crippen LogP contribution in [0.5, 0.6) is 0 Å². The maximum Gasteiger partial charge on any atom is 0.246 e. The molecular weight excluding hydrogens is 304 g/mol. The van der Waals surface area contributed by atoms with Crippen molar-refractivity contribution in [2.75, 3.05) is 18.1 Å². The SMILES string of the molecule is CC(=O)Nc1ccc(CN(C)C(=O)C=Cc2ccc(N)nc2)cc1. The molecule has 0 aliphatic carbocycles. The minimum Gasteiger partial charge on any atom is -0.384 e. The van der Waals surface area contributed by atoms with E-state index in [-0.39, 0.29) is 11.8 Å². The van der Waals surface area contributed by atoms with Crippen molar-refractivity contribution in [3.8, 4) is 0 Å². The summed E-state index contributed by atoms with van der Waals surface area (Å²) in [4.78, 5) is 28.7. The molecule has 1 aromatic heterocycles. The Kier molecular flexibility index (Phi) is 5.68. The lowest BCUT2D eigenvalue weighted by Crippen LogP contribution is -2.24. The Morgan fingerprint density at radius 1 is 1.21 bits per heavy atom. The van der Waals surface area contributed by atoms with Gasteiger partial charge in [-0.2, -0.15) is 0 Å². The number of amides is 2. The van der Waals surface area contributed by atoms with Crippen molar-refractivity contribution in [1.82, 2.24) is 9.88 Å². The van der Waals surface area contributed by atoms with Crippen LogP contribution in [0.1, 0.15) is 18.1 Å². The van der Waals surface area contributed by atoms with Crippen LogP contribution in [0.15, 0.2) is 48.7 Å². The molecule has 0 radical (unpaired) electrons. The van der Waals surface area contributed by atoms with Gasteiger partial charge >= 0.3 is 0 Å².